The van der Waals surface area contributed by atoms with Crippen LogP contribution in [0.25, 0.3) is 0 Å². The van der Waals surface area contributed by atoms with Crippen molar-refractivity contribution in [3.63, 3.8) is 0 Å². The standard InChI is InChI=1S/C12H21N5OS/c1-3-6-13-10-15-11(14-9-5-7-19-8-9)17-12(16-10)18-4-2/h9H,3-8H2,1-2H3,(H2,13,14,15,16,17). The molecule has 1 atom stereocenters. The van der Waals surface area contributed by atoms with Crippen LogP contribution in [-0.4, -0.2) is 45.7 Å². The highest BCUT2D eigenvalue weighted by Gasteiger charge is 2.17. The molecule has 1 aliphatic rings. The van der Waals surface area contributed by atoms with E-state index in [0.29, 0.717) is 30.6 Å². The second-order valence-corrected chi connectivity index (χ2v) is 5.48. The molecule has 6 nitrogen and oxygen atoms in total. The fourth-order valence-electron chi connectivity index (χ4n) is 1.76. The Morgan fingerprint density at radius 1 is 1.26 bits per heavy atom. The SMILES string of the molecule is CCCNc1nc(NC2CCSC2)nc(OCC)n1. The van der Waals surface area contributed by atoms with Crippen LogP contribution in [0.1, 0.15) is 26.7 Å². The Bertz CT molecular complexity index is 398. The minimum absolute atomic E-state index is 0.379. The first kappa shape index (κ1) is 14.2. The molecule has 1 saturated heterocycles. The first-order valence-corrected chi connectivity index (χ1v) is 7.94. The minimum atomic E-state index is 0.379. The Hall–Kier alpha value is -1.24. The molecule has 1 aromatic heterocycles. The summed E-state index contributed by atoms with van der Waals surface area (Å²) in [5.74, 6) is 3.48. The summed E-state index contributed by atoms with van der Waals surface area (Å²) in [7, 11) is 0. The molecule has 1 unspecified atom stereocenters. The molecule has 0 aromatic carbocycles. The predicted octanol–water partition coefficient (Wildman–Crippen LogP) is 2.01. The van der Waals surface area contributed by atoms with E-state index in [4.69, 9.17) is 4.74 Å². The van der Waals surface area contributed by atoms with Gasteiger partial charge in [-0.05, 0) is 25.5 Å². The number of nitrogens with zero attached hydrogens (tertiary/aromatic N) is 3. The molecule has 2 heterocycles. The van der Waals surface area contributed by atoms with Crippen molar-refractivity contribution in [1.29, 1.82) is 0 Å². The molecule has 2 rings (SSSR count). The van der Waals surface area contributed by atoms with Gasteiger partial charge in [0.1, 0.15) is 0 Å². The molecule has 0 saturated carbocycles. The van der Waals surface area contributed by atoms with Crippen molar-refractivity contribution >= 4 is 23.7 Å². The Kier molecular flexibility index (Phi) is 5.50. The molecule has 1 aliphatic heterocycles. The lowest BCUT2D eigenvalue weighted by atomic mass is 10.3. The monoisotopic (exact) mass is 283 g/mol. The van der Waals surface area contributed by atoms with Gasteiger partial charge in [-0.15, -0.1) is 0 Å². The summed E-state index contributed by atoms with van der Waals surface area (Å²) in [6, 6.07) is 0.824. The van der Waals surface area contributed by atoms with Crippen molar-refractivity contribution in [3.8, 4) is 6.01 Å². The third kappa shape index (κ3) is 4.41. The van der Waals surface area contributed by atoms with Crippen LogP contribution >= 0.6 is 11.8 Å². The van der Waals surface area contributed by atoms with Crippen molar-refractivity contribution in [1.82, 2.24) is 15.0 Å². The van der Waals surface area contributed by atoms with Gasteiger partial charge in [0, 0.05) is 18.3 Å². The van der Waals surface area contributed by atoms with E-state index >= 15 is 0 Å². The van der Waals surface area contributed by atoms with E-state index in [1.807, 2.05) is 18.7 Å². The number of hydrogen-bond acceptors (Lipinski definition) is 7. The molecule has 106 valence electrons. The number of anilines is 2. The van der Waals surface area contributed by atoms with Gasteiger partial charge in [0.05, 0.1) is 6.61 Å². The van der Waals surface area contributed by atoms with Gasteiger partial charge < -0.3 is 15.4 Å². The van der Waals surface area contributed by atoms with Crippen LogP contribution in [0.2, 0.25) is 0 Å². The number of thioether (sulfide) groups is 1. The molecule has 19 heavy (non-hydrogen) atoms. The second-order valence-electron chi connectivity index (χ2n) is 4.33. The average molecular weight is 283 g/mol. The smallest absolute Gasteiger partial charge is 0.323 e. The van der Waals surface area contributed by atoms with E-state index in [-0.39, 0.29) is 0 Å². The molecule has 0 bridgehead atoms. The first-order valence-electron chi connectivity index (χ1n) is 6.78. The zero-order chi connectivity index (χ0) is 13.5. The second kappa shape index (κ2) is 7.37. The quantitative estimate of drug-likeness (QED) is 0.793. The Balaban J connectivity index is 2.07. The van der Waals surface area contributed by atoms with Crippen LogP contribution in [0.3, 0.4) is 0 Å². The van der Waals surface area contributed by atoms with E-state index < -0.39 is 0 Å². The molecule has 1 fully saturated rings. The van der Waals surface area contributed by atoms with Gasteiger partial charge in [-0.1, -0.05) is 6.92 Å². The topological polar surface area (TPSA) is 72.0 Å². The number of rotatable bonds is 7. The molecule has 0 aliphatic carbocycles. The largest absolute Gasteiger partial charge is 0.464 e. The van der Waals surface area contributed by atoms with Crippen LogP contribution in [0, 0.1) is 0 Å². The summed E-state index contributed by atoms with van der Waals surface area (Å²) in [6.45, 7) is 5.42. The van der Waals surface area contributed by atoms with Crippen LogP contribution in [-0.2, 0) is 0 Å². The first-order chi connectivity index (χ1) is 9.31. The molecular formula is C12H21N5OS. The number of nitrogens with one attached hydrogen (secondary N) is 2. The van der Waals surface area contributed by atoms with Gasteiger partial charge in [-0.2, -0.15) is 26.7 Å². The lowest BCUT2D eigenvalue weighted by Gasteiger charge is -2.13. The summed E-state index contributed by atoms with van der Waals surface area (Å²) in [5.41, 5.74) is 0. The lowest BCUT2D eigenvalue weighted by molar-refractivity contribution is 0.312. The van der Waals surface area contributed by atoms with Crippen molar-refractivity contribution in [2.75, 3.05) is 35.3 Å². The van der Waals surface area contributed by atoms with Gasteiger partial charge in [-0.3, -0.25) is 0 Å². The molecular weight excluding hydrogens is 262 g/mol. The predicted molar refractivity (Wildman–Crippen MR) is 79.1 cm³/mol. The molecule has 0 radical (unpaired) electrons. The van der Waals surface area contributed by atoms with E-state index in [9.17, 15) is 0 Å². The van der Waals surface area contributed by atoms with E-state index in [1.165, 1.54) is 5.75 Å². The maximum Gasteiger partial charge on any atom is 0.323 e. The van der Waals surface area contributed by atoms with Crippen LogP contribution in [0.5, 0.6) is 6.01 Å². The third-order valence-corrected chi connectivity index (χ3v) is 3.85. The maximum absolute atomic E-state index is 5.38. The molecule has 2 N–H and O–H groups in total. The minimum Gasteiger partial charge on any atom is -0.464 e. The van der Waals surface area contributed by atoms with Crippen LogP contribution < -0.4 is 15.4 Å². The van der Waals surface area contributed by atoms with Gasteiger partial charge in [-0.25, -0.2) is 0 Å². The molecule has 1 aromatic rings. The van der Waals surface area contributed by atoms with E-state index in [2.05, 4.69) is 32.5 Å². The summed E-state index contributed by atoms with van der Waals surface area (Å²) in [4.78, 5) is 12.9. The summed E-state index contributed by atoms with van der Waals surface area (Å²) >= 11 is 1.95. The molecule has 7 heteroatoms. The summed E-state index contributed by atoms with van der Waals surface area (Å²) in [6.07, 6.45) is 2.18. The normalized spacial score (nSPS) is 18.3. The van der Waals surface area contributed by atoms with E-state index in [0.717, 1.165) is 25.1 Å². The van der Waals surface area contributed by atoms with Gasteiger partial charge in [0.15, 0.2) is 0 Å². The highest BCUT2D eigenvalue weighted by atomic mass is 32.2. The molecule has 0 spiro atoms. The van der Waals surface area contributed by atoms with Crippen molar-refractivity contribution in [2.45, 2.75) is 32.7 Å². The Morgan fingerprint density at radius 2 is 2.11 bits per heavy atom. The van der Waals surface area contributed by atoms with Crippen LogP contribution in [0.4, 0.5) is 11.9 Å². The zero-order valence-electron chi connectivity index (χ0n) is 11.5. The van der Waals surface area contributed by atoms with Crippen LogP contribution in [0.15, 0.2) is 0 Å². The highest BCUT2D eigenvalue weighted by molar-refractivity contribution is 7.99. The summed E-state index contributed by atoms with van der Waals surface area (Å²) < 4.78 is 5.38. The third-order valence-electron chi connectivity index (χ3n) is 2.68. The average Bonchev–Trinajstić information content (AvgIpc) is 2.89. The van der Waals surface area contributed by atoms with Gasteiger partial charge >= 0.3 is 6.01 Å². The zero-order valence-corrected chi connectivity index (χ0v) is 12.3. The van der Waals surface area contributed by atoms with E-state index in [1.54, 1.807) is 0 Å². The van der Waals surface area contributed by atoms with Gasteiger partial charge in [0.2, 0.25) is 11.9 Å². The van der Waals surface area contributed by atoms with Gasteiger partial charge in [0.25, 0.3) is 0 Å². The lowest BCUT2D eigenvalue weighted by Crippen LogP contribution is -2.21. The summed E-state index contributed by atoms with van der Waals surface area (Å²) in [5, 5.41) is 6.52. The fourth-order valence-corrected chi connectivity index (χ4v) is 2.91. The fraction of sp³-hybridized carbons (Fsp3) is 0.750. The maximum atomic E-state index is 5.38. The van der Waals surface area contributed by atoms with Crippen molar-refractivity contribution in [3.05, 3.63) is 0 Å². The molecule has 0 amide bonds. The Morgan fingerprint density at radius 3 is 2.79 bits per heavy atom. The number of aromatic nitrogens is 3. The van der Waals surface area contributed by atoms with Crippen molar-refractivity contribution in [2.24, 2.45) is 0 Å². The van der Waals surface area contributed by atoms with Crippen molar-refractivity contribution < 1.29 is 4.74 Å². The Labute approximate surface area is 118 Å². The number of hydrogen-bond donors (Lipinski definition) is 2. The number of ether oxygens (including phenoxy) is 1. The highest BCUT2D eigenvalue weighted by Crippen LogP contribution is 2.21.